The van der Waals surface area contributed by atoms with Crippen LogP contribution in [0.5, 0.6) is 0 Å². The lowest BCUT2D eigenvalue weighted by molar-refractivity contribution is 0.521. The second-order valence-corrected chi connectivity index (χ2v) is 6.37. The lowest BCUT2D eigenvalue weighted by atomic mass is 10.2. The second-order valence-electron chi connectivity index (χ2n) is 6.02. The van der Waals surface area contributed by atoms with Gasteiger partial charge in [-0.15, -0.1) is 5.10 Å². The van der Waals surface area contributed by atoms with Crippen molar-refractivity contribution in [2.75, 3.05) is 5.32 Å². The first-order valence-electron chi connectivity index (χ1n) is 8.40. The van der Waals surface area contributed by atoms with Crippen LogP contribution in [0.4, 0.5) is 14.5 Å². The third kappa shape index (κ3) is 3.44. The number of aromatic nitrogens is 4. The van der Waals surface area contributed by atoms with Gasteiger partial charge in [-0.1, -0.05) is 18.2 Å². The third-order valence-corrected chi connectivity index (χ3v) is 4.49. The molecule has 6 nitrogen and oxygen atoms in total. The molecule has 0 aliphatic heterocycles. The summed E-state index contributed by atoms with van der Waals surface area (Å²) in [6, 6.07) is 12.8. The Bertz CT molecular complexity index is 1180. The largest absolute Gasteiger partial charge is 0.409 e. The van der Waals surface area contributed by atoms with Crippen LogP contribution in [0.2, 0.25) is 0 Å². The highest BCUT2D eigenvalue weighted by molar-refractivity contribution is 7.71. The predicted octanol–water partition coefficient (Wildman–Crippen LogP) is 4.71. The fourth-order valence-electron chi connectivity index (χ4n) is 2.76. The van der Waals surface area contributed by atoms with E-state index < -0.39 is 11.6 Å². The first-order chi connectivity index (χ1) is 13.5. The van der Waals surface area contributed by atoms with E-state index in [0.29, 0.717) is 11.5 Å². The molecule has 9 heteroatoms. The summed E-state index contributed by atoms with van der Waals surface area (Å²) in [6.45, 7) is 1.92. The Kier molecular flexibility index (Phi) is 4.74. The molecule has 2 aromatic heterocycles. The maximum Gasteiger partial charge on any atom is 0.289 e. The second kappa shape index (κ2) is 7.35. The van der Waals surface area contributed by atoms with Crippen molar-refractivity contribution in [3.05, 3.63) is 76.9 Å². The van der Waals surface area contributed by atoms with Crippen molar-refractivity contribution in [2.24, 2.45) is 0 Å². The highest BCUT2D eigenvalue weighted by Gasteiger charge is 2.16. The van der Waals surface area contributed by atoms with E-state index >= 15 is 0 Å². The Hall–Kier alpha value is -3.33. The van der Waals surface area contributed by atoms with Crippen LogP contribution in [0, 0.1) is 23.4 Å². The summed E-state index contributed by atoms with van der Waals surface area (Å²) in [4.78, 5) is 0.103. The van der Waals surface area contributed by atoms with E-state index in [4.69, 9.17) is 16.6 Å². The van der Waals surface area contributed by atoms with E-state index in [2.05, 4.69) is 15.5 Å². The molecule has 0 unspecified atom stereocenters. The molecule has 0 bridgehead atoms. The maximum atomic E-state index is 13.7. The number of rotatable bonds is 5. The van der Waals surface area contributed by atoms with Gasteiger partial charge in [-0.3, -0.25) is 0 Å². The maximum absolute atomic E-state index is 13.7. The third-order valence-electron chi connectivity index (χ3n) is 4.19. The fourth-order valence-corrected chi connectivity index (χ4v) is 2.94. The molecule has 0 atom stereocenters. The van der Waals surface area contributed by atoms with E-state index in [1.165, 1.54) is 4.68 Å². The lowest BCUT2D eigenvalue weighted by Gasteiger charge is -2.06. The summed E-state index contributed by atoms with van der Waals surface area (Å²) in [7, 11) is 0. The molecule has 0 amide bonds. The van der Waals surface area contributed by atoms with Crippen LogP contribution >= 0.6 is 12.2 Å². The molecule has 0 spiro atoms. The standard InChI is InChI=1S/C19H15F2N5OS/c1-12-15(10-23-26(12)14-5-3-2-4-6-14)18-24-25(19(28)27-18)11-22-17-9-13(20)7-8-16(17)21/h2-10,22H,11H2,1H3. The van der Waals surface area contributed by atoms with Crippen molar-refractivity contribution < 1.29 is 13.2 Å². The molecule has 0 saturated carbocycles. The van der Waals surface area contributed by atoms with Crippen LogP contribution in [0.15, 0.2) is 59.1 Å². The highest BCUT2D eigenvalue weighted by atomic mass is 32.1. The molecule has 0 fully saturated rings. The van der Waals surface area contributed by atoms with Crippen molar-refractivity contribution in [3.63, 3.8) is 0 Å². The zero-order valence-electron chi connectivity index (χ0n) is 14.8. The molecule has 28 heavy (non-hydrogen) atoms. The molecule has 2 aromatic carbocycles. The normalized spacial score (nSPS) is 11.0. The Morgan fingerprint density at radius 1 is 1.14 bits per heavy atom. The SMILES string of the molecule is Cc1c(-c2nn(CNc3cc(F)ccc3F)c(=S)o2)cnn1-c1ccccc1. The van der Waals surface area contributed by atoms with Gasteiger partial charge < -0.3 is 9.73 Å². The highest BCUT2D eigenvalue weighted by Crippen LogP contribution is 2.24. The van der Waals surface area contributed by atoms with E-state index in [1.54, 1.807) is 10.9 Å². The molecule has 0 radical (unpaired) electrons. The van der Waals surface area contributed by atoms with Crippen LogP contribution in [0.25, 0.3) is 17.1 Å². The molecule has 4 aromatic rings. The minimum absolute atomic E-state index is 0.0135. The van der Waals surface area contributed by atoms with Gasteiger partial charge in [0, 0.05) is 6.07 Å². The summed E-state index contributed by atoms with van der Waals surface area (Å²) in [5, 5.41) is 11.5. The molecule has 1 N–H and O–H groups in total. The van der Waals surface area contributed by atoms with Crippen molar-refractivity contribution >= 4 is 17.9 Å². The molecular weight excluding hydrogens is 384 g/mol. The van der Waals surface area contributed by atoms with Crippen LogP contribution in [0.3, 0.4) is 0 Å². The molecule has 0 aliphatic carbocycles. The molecule has 142 valence electrons. The number of nitrogens with zero attached hydrogens (tertiary/aromatic N) is 4. The number of benzene rings is 2. The van der Waals surface area contributed by atoms with Crippen molar-refractivity contribution in [1.82, 2.24) is 19.6 Å². The molecule has 0 aliphatic rings. The van der Waals surface area contributed by atoms with E-state index in [-0.39, 0.29) is 17.2 Å². The molecule has 2 heterocycles. The van der Waals surface area contributed by atoms with Crippen molar-refractivity contribution in [2.45, 2.75) is 13.6 Å². The number of hydrogen-bond acceptors (Lipinski definition) is 5. The summed E-state index contributed by atoms with van der Waals surface area (Å²) < 4.78 is 35.7. The molecular formula is C19H15F2N5OS. The fraction of sp³-hybridized carbons (Fsp3) is 0.105. The van der Waals surface area contributed by atoms with Crippen LogP contribution in [-0.4, -0.2) is 19.6 Å². The summed E-state index contributed by atoms with van der Waals surface area (Å²) in [6.07, 6.45) is 1.65. The van der Waals surface area contributed by atoms with Crippen LogP contribution in [-0.2, 0) is 6.67 Å². The zero-order chi connectivity index (χ0) is 19.7. The summed E-state index contributed by atoms with van der Waals surface area (Å²) in [5.74, 6) is -0.819. The number of anilines is 1. The van der Waals surface area contributed by atoms with Gasteiger partial charge in [-0.2, -0.15) is 5.10 Å². The average molecular weight is 399 g/mol. The topological polar surface area (TPSA) is 60.8 Å². The van der Waals surface area contributed by atoms with Crippen molar-refractivity contribution in [1.29, 1.82) is 0 Å². The smallest absolute Gasteiger partial charge is 0.289 e. The Balaban J connectivity index is 1.59. The summed E-state index contributed by atoms with van der Waals surface area (Å²) in [5.41, 5.74) is 2.44. The van der Waals surface area contributed by atoms with Crippen LogP contribution < -0.4 is 5.32 Å². The minimum atomic E-state index is -0.573. The van der Waals surface area contributed by atoms with Crippen molar-refractivity contribution in [3.8, 4) is 17.1 Å². The Labute approximate surface area is 164 Å². The predicted molar refractivity (Wildman–Crippen MR) is 103 cm³/mol. The quantitative estimate of drug-likeness (QED) is 0.492. The van der Waals surface area contributed by atoms with Gasteiger partial charge in [-0.25, -0.2) is 18.1 Å². The average Bonchev–Trinajstić information content (AvgIpc) is 3.25. The first kappa shape index (κ1) is 18.1. The van der Waals surface area contributed by atoms with E-state index in [0.717, 1.165) is 29.6 Å². The minimum Gasteiger partial charge on any atom is -0.409 e. The van der Waals surface area contributed by atoms with E-state index in [1.807, 2.05) is 37.3 Å². The Morgan fingerprint density at radius 2 is 1.93 bits per heavy atom. The Morgan fingerprint density at radius 3 is 2.71 bits per heavy atom. The zero-order valence-corrected chi connectivity index (χ0v) is 15.6. The van der Waals surface area contributed by atoms with E-state index in [9.17, 15) is 8.78 Å². The number of hydrogen-bond donors (Lipinski definition) is 1. The number of para-hydroxylation sites is 1. The van der Waals surface area contributed by atoms with Gasteiger partial charge in [-0.05, 0) is 43.4 Å². The summed E-state index contributed by atoms with van der Waals surface area (Å²) >= 11 is 5.19. The van der Waals surface area contributed by atoms with Gasteiger partial charge >= 0.3 is 0 Å². The van der Waals surface area contributed by atoms with Gasteiger partial charge in [0.15, 0.2) is 0 Å². The van der Waals surface area contributed by atoms with Gasteiger partial charge in [0.2, 0.25) is 5.89 Å². The molecule has 0 saturated heterocycles. The monoisotopic (exact) mass is 399 g/mol. The van der Waals surface area contributed by atoms with Gasteiger partial charge in [0.1, 0.15) is 18.3 Å². The number of nitrogens with one attached hydrogen (secondary N) is 1. The van der Waals surface area contributed by atoms with Gasteiger partial charge in [0.05, 0.1) is 28.8 Å². The molecule has 4 rings (SSSR count). The van der Waals surface area contributed by atoms with Gasteiger partial charge in [0.25, 0.3) is 4.84 Å². The first-order valence-corrected chi connectivity index (χ1v) is 8.81. The lowest BCUT2D eigenvalue weighted by Crippen LogP contribution is -2.10. The van der Waals surface area contributed by atoms with Crippen LogP contribution in [0.1, 0.15) is 5.69 Å². The number of halogens is 2.